The summed E-state index contributed by atoms with van der Waals surface area (Å²) >= 11 is 0. The van der Waals surface area contributed by atoms with Crippen LogP contribution in [0.3, 0.4) is 0 Å². The van der Waals surface area contributed by atoms with Gasteiger partial charge < -0.3 is 9.84 Å². The predicted molar refractivity (Wildman–Crippen MR) is 83.7 cm³/mol. The Bertz CT molecular complexity index is 662. The lowest BCUT2D eigenvalue weighted by atomic mass is 9.99. The van der Waals surface area contributed by atoms with E-state index >= 15 is 0 Å². The number of ether oxygens (including phenoxy) is 1. The minimum Gasteiger partial charge on any atom is -0.507 e. The van der Waals surface area contributed by atoms with Crippen LogP contribution in [-0.4, -0.2) is 23.5 Å². The number of ketones is 1. The van der Waals surface area contributed by atoms with Crippen molar-refractivity contribution in [2.24, 2.45) is 0 Å². The number of benzene rings is 2. The standard InChI is InChI=1S/C18H18O4/c1-2-22-18(21)11-10-17(20)15-12-14(8-9-16(15)19)13-6-4-3-5-7-13/h3-9,12,19H,2,10-11H2,1H3. The van der Waals surface area contributed by atoms with Crippen LogP contribution in [0.25, 0.3) is 11.1 Å². The number of rotatable bonds is 6. The predicted octanol–water partition coefficient (Wildman–Crippen LogP) is 3.59. The number of esters is 1. The first-order chi connectivity index (χ1) is 10.6. The second-order valence-electron chi connectivity index (χ2n) is 4.83. The van der Waals surface area contributed by atoms with Crippen LogP contribution < -0.4 is 0 Å². The third kappa shape index (κ3) is 3.95. The summed E-state index contributed by atoms with van der Waals surface area (Å²) in [6, 6.07) is 14.5. The number of Topliss-reactive ketones (excluding diaryl/α,β-unsaturated/α-hetero) is 1. The van der Waals surface area contributed by atoms with Gasteiger partial charge in [0.05, 0.1) is 18.6 Å². The van der Waals surface area contributed by atoms with Crippen molar-refractivity contribution in [2.45, 2.75) is 19.8 Å². The van der Waals surface area contributed by atoms with Crippen LogP contribution in [0.4, 0.5) is 0 Å². The Morgan fingerprint density at radius 3 is 2.41 bits per heavy atom. The highest BCUT2D eigenvalue weighted by molar-refractivity contribution is 6.00. The lowest BCUT2D eigenvalue weighted by Gasteiger charge is -2.07. The van der Waals surface area contributed by atoms with E-state index in [0.717, 1.165) is 11.1 Å². The maximum Gasteiger partial charge on any atom is 0.306 e. The van der Waals surface area contributed by atoms with Crippen LogP contribution >= 0.6 is 0 Å². The molecule has 4 heteroatoms. The fraction of sp³-hybridized carbons (Fsp3) is 0.222. The van der Waals surface area contributed by atoms with Gasteiger partial charge in [0.2, 0.25) is 0 Å². The van der Waals surface area contributed by atoms with E-state index in [0.29, 0.717) is 6.61 Å². The maximum absolute atomic E-state index is 12.2. The molecule has 0 aliphatic carbocycles. The Hall–Kier alpha value is -2.62. The van der Waals surface area contributed by atoms with E-state index in [-0.39, 0.29) is 29.9 Å². The first kappa shape index (κ1) is 15.8. The molecule has 0 unspecified atom stereocenters. The molecule has 0 saturated carbocycles. The number of phenolic OH excluding ortho intramolecular Hbond substituents is 1. The van der Waals surface area contributed by atoms with E-state index in [1.165, 1.54) is 6.07 Å². The molecule has 0 heterocycles. The summed E-state index contributed by atoms with van der Waals surface area (Å²) in [5.74, 6) is -0.758. The smallest absolute Gasteiger partial charge is 0.306 e. The Balaban J connectivity index is 2.16. The lowest BCUT2D eigenvalue weighted by Crippen LogP contribution is -2.08. The van der Waals surface area contributed by atoms with Gasteiger partial charge in [0.25, 0.3) is 0 Å². The first-order valence-electron chi connectivity index (χ1n) is 7.19. The number of phenols is 1. The van der Waals surface area contributed by atoms with E-state index in [1.54, 1.807) is 19.1 Å². The van der Waals surface area contributed by atoms with Crippen molar-refractivity contribution >= 4 is 11.8 Å². The molecule has 0 fully saturated rings. The summed E-state index contributed by atoms with van der Waals surface area (Å²) in [4.78, 5) is 23.5. The van der Waals surface area contributed by atoms with Gasteiger partial charge in [-0.15, -0.1) is 0 Å². The van der Waals surface area contributed by atoms with Crippen LogP contribution in [0.2, 0.25) is 0 Å². The minimum atomic E-state index is -0.408. The van der Waals surface area contributed by atoms with Crippen molar-refractivity contribution in [3.63, 3.8) is 0 Å². The Kier molecular flexibility index (Phi) is 5.31. The van der Waals surface area contributed by atoms with Crippen molar-refractivity contribution in [1.82, 2.24) is 0 Å². The molecule has 0 radical (unpaired) electrons. The average molecular weight is 298 g/mol. The topological polar surface area (TPSA) is 63.6 Å². The van der Waals surface area contributed by atoms with Gasteiger partial charge in [-0.25, -0.2) is 0 Å². The summed E-state index contributed by atoms with van der Waals surface area (Å²) in [5.41, 5.74) is 2.03. The monoisotopic (exact) mass is 298 g/mol. The molecular formula is C18H18O4. The molecule has 0 aliphatic heterocycles. The van der Waals surface area contributed by atoms with Crippen LogP contribution in [0.15, 0.2) is 48.5 Å². The molecule has 0 amide bonds. The highest BCUT2D eigenvalue weighted by Crippen LogP contribution is 2.27. The zero-order chi connectivity index (χ0) is 15.9. The van der Waals surface area contributed by atoms with Gasteiger partial charge in [-0.3, -0.25) is 9.59 Å². The van der Waals surface area contributed by atoms with Gasteiger partial charge in [-0.05, 0) is 30.2 Å². The highest BCUT2D eigenvalue weighted by atomic mass is 16.5. The highest BCUT2D eigenvalue weighted by Gasteiger charge is 2.14. The van der Waals surface area contributed by atoms with Gasteiger partial charge in [-0.1, -0.05) is 36.4 Å². The number of carbonyl (C=O) groups excluding carboxylic acids is 2. The normalized spacial score (nSPS) is 10.2. The molecular weight excluding hydrogens is 280 g/mol. The third-order valence-corrected chi connectivity index (χ3v) is 3.27. The van der Waals surface area contributed by atoms with Crippen molar-refractivity contribution in [3.8, 4) is 16.9 Å². The summed E-state index contributed by atoms with van der Waals surface area (Å²) in [6.07, 6.45) is 0.0340. The van der Waals surface area contributed by atoms with Crippen LogP contribution in [0.5, 0.6) is 5.75 Å². The van der Waals surface area contributed by atoms with Gasteiger partial charge in [-0.2, -0.15) is 0 Å². The van der Waals surface area contributed by atoms with E-state index in [2.05, 4.69) is 0 Å². The molecule has 0 aliphatic rings. The van der Waals surface area contributed by atoms with Crippen molar-refractivity contribution in [3.05, 3.63) is 54.1 Å². The molecule has 4 nitrogen and oxygen atoms in total. The molecule has 0 saturated heterocycles. The molecule has 2 rings (SSSR count). The minimum absolute atomic E-state index is 0.0156. The van der Waals surface area contributed by atoms with Crippen LogP contribution in [-0.2, 0) is 9.53 Å². The molecule has 0 aromatic heterocycles. The van der Waals surface area contributed by atoms with E-state index < -0.39 is 5.97 Å². The fourth-order valence-electron chi connectivity index (χ4n) is 2.15. The summed E-state index contributed by atoms with van der Waals surface area (Å²) in [5, 5.41) is 9.88. The SMILES string of the molecule is CCOC(=O)CCC(=O)c1cc(-c2ccccc2)ccc1O. The van der Waals surface area contributed by atoms with Gasteiger partial charge >= 0.3 is 5.97 Å². The quantitative estimate of drug-likeness (QED) is 0.654. The Morgan fingerprint density at radius 1 is 1.00 bits per heavy atom. The van der Waals surface area contributed by atoms with Gasteiger partial charge in [0.15, 0.2) is 5.78 Å². The molecule has 1 N–H and O–H groups in total. The maximum atomic E-state index is 12.2. The number of carbonyl (C=O) groups is 2. The summed E-state index contributed by atoms with van der Waals surface area (Å²) in [7, 11) is 0. The summed E-state index contributed by atoms with van der Waals surface area (Å²) < 4.78 is 4.80. The molecule has 0 bridgehead atoms. The number of aromatic hydroxyl groups is 1. The Labute approximate surface area is 129 Å². The molecule has 0 atom stereocenters. The van der Waals surface area contributed by atoms with Gasteiger partial charge in [0.1, 0.15) is 5.75 Å². The zero-order valence-electron chi connectivity index (χ0n) is 12.4. The molecule has 2 aromatic rings. The first-order valence-corrected chi connectivity index (χ1v) is 7.19. The van der Waals surface area contributed by atoms with E-state index in [9.17, 15) is 14.7 Å². The number of hydrogen-bond donors (Lipinski definition) is 1. The van der Waals surface area contributed by atoms with Crippen molar-refractivity contribution < 1.29 is 19.4 Å². The van der Waals surface area contributed by atoms with Crippen molar-refractivity contribution in [2.75, 3.05) is 6.61 Å². The number of hydrogen-bond acceptors (Lipinski definition) is 4. The second-order valence-corrected chi connectivity index (χ2v) is 4.83. The molecule has 22 heavy (non-hydrogen) atoms. The third-order valence-electron chi connectivity index (χ3n) is 3.27. The molecule has 0 spiro atoms. The fourth-order valence-corrected chi connectivity index (χ4v) is 2.15. The van der Waals surface area contributed by atoms with E-state index in [4.69, 9.17) is 4.74 Å². The van der Waals surface area contributed by atoms with E-state index in [1.807, 2.05) is 30.3 Å². The molecule has 114 valence electrons. The largest absolute Gasteiger partial charge is 0.507 e. The Morgan fingerprint density at radius 2 is 1.73 bits per heavy atom. The second kappa shape index (κ2) is 7.41. The lowest BCUT2D eigenvalue weighted by molar-refractivity contribution is -0.143. The van der Waals surface area contributed by atoms with Crippen LogP contribution in [0, 0.1) is 0 Å². The summed E-state index contributed by atoms with van der Waals surface area (Å²) in [6.45, 7) is 2.01. The zero-order valence-corrected chi connectivity index (χ0v) is 12.4. The van der Waals surface area contributed by atoms with Crippen LogP contribution in [0.1, 0.15) is 30.1 Å². The molecule has 2 aromatic carbocycles. The van der Waals surface area contributed by atoms with Gasteiger partial charge in [0, 0.05) is 6.42 Å². The average Bonchev–Trinajstić information content (AvgIpc) is 2.54. The van der Waals surface area contributed by atoms with Crippen molar-refractivity contribution in [1.29, 1.82) is 0 Å².